The molecule has 0 amide bonds. The number of phenolic OH excluding ortho intramolecular Hbond substituents is 1. The molecule has 0 radical (unpaired) electrons. The molecule has 2 aromatic carbocycles. The number of benzene rings is 2. The molecule has 0 saturated heterocycles. The van der Waals surface area contributed by atoms with E-state index in [2.05, 4.69) is 11.1 Å². The van der Waals surface area contributed by atoms with Crippen molar-refractivity contribution < 1.29 is 9.84 Å². The predicted molar refractivity (Wildman–Crippen MR) is 79.1 cm³/mol. The quantitative estimate of drug-likeness (QED) is 0.686. The van der Waals surface area contributed by atoms with Crippen molar-refractivity contribution in [2.45, 2.75) is 6.54 Å². The summed E-state index contributed by atoms with van der Waals surface area (Å²) in [7, 11) is 0. The molecule has 0 atom stereocenters. The molecule has 0 aliphatic heterocycles. The van der Waals surface area contributed by atoms with Crippen LogP contribution in [0.15, 0.2) is 42.5 Å². The number of nitrogens with one attached hydrogen (secondary N) is 1. The highest BCUT2D eigenvalue weighted by Gasteiger charge is 2.11. The molecule has 1 aromatic heterocycles. The fraction of sp³-hybridized carbons (Fsp3) is 0.0625. The second kappa shape index (κ2) is 5.19. The van der Waals surface area contributed by atoms with Crippen LogP contribution < -0.4 is 10.5 Å². The zero-order valence-electron chi connectivity index (χ0n) is 11.1. The van der Waals surface area contributed by atoms with E-state index in [-0.39, 0.29) is 12.3 Å². The van der Waals surface area contributed by atoms with Gasteiger partial charge >= 0.3 is 0 Å². The maximum atomic E-state index is 9.25. The molecule has 0 aliphatic carbocycles. The lowest BCUT2D eigenvalue weighted by Crippen LogP contribution is -1.98. The Morgan fingerprint density at radius 1 is 1.14 bits per heavy atom. The average Bonchev–Trinajstić information content (AvgIpc) is 2.86. The van der Waals surface area contributed by atoms with Gasteiger partial charge in [0.15, 0.2) is 0 Å². The van der Waals surface area contributed by atoms with Gasteiger partial charge < -0.3 is 20.6 Å². The first-order valence-electron chi connectivity index (χ1n) is 6.43. The van der Waals surface area contributed by atoms with Gasteiger partial charge in [0.05, 0.1) is 5.56 Å². The van der Waals surface area contributed by atoms with Gasteiger partial charge in [-0.05, 0) is 42.5 Å². The number of nitrogens with two attached hydrogens (primary N) is 1. The van der Waals surface area contributed by atoms with Crippen LogP contribution in [0.25, 0.3) is 10.9 Å². The first-order valence-corrected chi connectivity index (χ1v) is 6.43. The van der Waals surface area contributed by atoms with Crippen LogP contribution in [0.4, 0.5) is 0 Å². The zero-order valence-corrected chi connectivity index (χ0v) is 11.1. The number of ether oxygens (including phenoxy) is 1. The molecule has 0 unspecified atom stereocenters. The SMILES string of the molecule is N#Cc1c(CN)[nH]c2ccc(Oc3ccc(O)cc3)cc12. The topological polar surface area (TPSA) is 95.1 Å². The summed E-state index contributed by atoms with van der Waals surface area (Å²) >= 11 is 0. The first-order chi connectivity index (χ1) is 10.2. The average molecular weight is 279 g/mol. The van der Waals surface area contributed by atoms with E-state index in [9.17, 15) is 10.4 Å². The molecule has 0 aliphatic rings. The summed E-state index contributed by atoms with van der Waals surface area (Å²) in [6.07, 6.45) is 0. The molecule has 5 nitrogen and oxygen atoms in total. The summed E-state index contributed by atoms with van der Waals surface area (Å²) < 4.78 is 5.72. The van der Waals surface area contributed by atoms with Crippen molar-refractivity contribution in [2.24, 2.45) is 5.73 Å². The van der Waals surface area contributed by atoms with E-state index in [1.54, 1.807) is 30.3 Å². The van der Waals surface area contributed by atoms with E-state index in [0.29, 0.717) is 22.8 Å². The predicted octanol–water partition coefficient (Wildman–Crippen LogP) is 3.00. The van der Waals surface area contributed by atoms with Crippen LogP contribution in [0, 0.1) is 11.3 Å². The van der Waals surface area contributed by atoms with E-state index in [1.165, 1.54) is 0 Å². The molecule has 5 heteroatoms. The number of rotatable bonds is 3. The van der Waals surface area contributed by atoms with Gasteiger partial charge in [0.25, 0.3) is 0 Å². The van der Waals surface area contributed by atoms with E-state index < -0.39 is 0 Å². The van der Waals surface area contributed by atoms with Gasteiger partial charge in [0.2, 0.25) is 0 Å². The molecule has 0 spiro atoms. The Balaban J connectivity index is 2.00. The minimum Gasteiger partial charge on any atom is -0.508 e. The van der Waals surface area contributed by atoms with E-state index in [4.69, 9.17) is 10.5 Å². The molecular weight excluding hydrogens is 266 g/mol. The number of H-pyrrole nitrogens is 1. The summed E-state index contributed by atoms with van der Waals surface area (Å²) in [6, 6.07) is 14.1. The van der Waals surface area contributed by atoms with Crippen LogP contribution in [0.1, 0.15) is 11.3 Å². The van der Waals surface area contributed by atoms with Gasteiger partial charge in [0.1, 0.15) is 23.3 Å². The molecule has 104 valence electrons. The summed E-state index contributed by atoms with van der Waals surface area (Å²) in [4.78, 5) is 3.13. The largest absolute Gasteiger partial charge is 0.508 e. The number of hydrogen-bond donors (Lipinski definition) is 3. The third-order valence-electron chi connectivity index (χ3n) is 3.24. The number of hydrogen-bond acceptors (Lipinski definition) is 4. The van der Waals surface area contributed by atoms with Crippen LogP contribution in [-0.4, -0.2) is 10.1 Å². The molecule has 3 rings (SSSR count). The highest BCUT2D eigenvalue weighted by atomic mass is 16.5. The molecule has 1 heterocycles. The lowest BCUT2D eigenvalue weighted by atomic mass is 10.1. The van der Waals surface area contributed by atoms with E-state index in [0.717, 1.165) is 10.9 Å². The van der Waals surface area contributed by atoms with Crippen molar-refractivity contribution >= 4 is 10.9 Å². The number of aromatic hydroxyl groups is 1. The van der Waals surface area contributed by atoms with Gasteiger partial charge in [-0.1, -0.05) is 0 Å². The van der Waals surface area contributed by atoms with Crippen molar-refractivity contribution in [1.82, 2.24) is 4.98 Å². The third kappa shape index (κ3) is 2.40. The number of nitrogens with zero attached hydrogens (tertiary/aromatic N) is 1. The lowest BCUT2D eigenvalue weighted by molar-refractivity contribution is 0.464. The summed E-state index contributed by atoms with van der Waals surface area (Å²) in [5.41, 5.74) is 7.74. The number of aromatic nitrogens is 1. The minimum absolute atomic E-state index is 0.183. The van der Waals surface area contributed by atoms with E-state index in [1.807, 2.05) is 12.1 Å². The Bertz CT molecular complexity index is 829. The smallest absolute Gasteiger partial charge is 0.128 e. The van der Waals surface area contributed by atoms with Crippen LogP contribution in [-0.2, 0) is 6.54 Å². The zero-order chi connectivity index (χ0) is 14.8. The molecule has 0 fully saturated rings. The summed E-state index contributed by atoms with van der Waals surface area (Å²) in [5.74, 6) is 1.41. The summed E-state index contributed by atoms with van der Waals surface area (Å²) in [5, 5.41) is 19.3. The van der Waals surface area contributed by atoms with E-state index >= 15 is 0 Å². The number of fused-ring (bicyclic) bond motifs is 1. The molecule has 0 saturated carbocycles. The minimum atomic E-state index is 0.183. The fourth-order valence-corrected chi connectivity index (χ4v) is 2.22. The highest BCUT2D eigenvalue weighted by molar-refractivity contribution is 5.88. The van der Waals surface area contributed by atoms with Crippen molar-refractivity contribution in [1.29, 1.82) is 5.26 Å². The third-order valence-corrected chi connectivity index (χ3v) is 3.24. The van der Waals surface area contributed by atoms with Crippen molar-refractivity contribution in [2.75, 3.05) is 0 Å². The molecule has 4 N–H and O–H groups in total. The monoisotopic (exact) mass is 279 g/mol. The van der Waals surface area contributed by atoms with Crippen LogP contribution in [0.2, 0.25) is 0 Å². The Morgan fingerprint density at radius 3 is 2.52 bits per heavy atom. The normalized spacial score (nSPS) is 10.5. The Hall–Kier alpha value is -2.97. The van der Waals surface area contributed by atoms with Crippen molar-refractivity contribution in [3.05, 3.63) is 53.7 Å². The molecule has 3 aromatic rings. The lowest BCUT2D eigenvalue weighted by Gasteiger charge is -2.05. The second-order valence-electron chi connectivity index (χ2n) is 4.60. The van der Waals surface area contributed by atoms with Gasteiger partial charge in [-0.15, -0.1) is 0 Å². The standard InChI is InChI=1S/C16H13N3O2/c17-8-14-13-7-12(5-6-15(13)19-16(14)9-18)21-11-3-1-10(20)2-4-11/h1-7,19-20H,9,18H2. The van der Waals surface area contributed by atoms with Gasteiger partial charge in [-0.2, -0.15) is 5.26 Å². The van der Waals surface area contributed by atoms with Gasteiger partial charge in [-0.25, -0.2) is 0 Å². The number of nitriles is 1. The fourth-order valence-electron chi connectivity index (χ4n) is 2.22. The molecule has 21 heavy (non-hydrogen) atoms. The Kier molecular flexibility index (Phi) is 3.22. The molecule has 0 bridgehead atoms. The van der Waals surface area contributed by atoms with Gasteiger partial charge in [0, 0.05) is 23.1 Å². The first kappa shape index (κ1) is 13.0. The Morgan fingerprint density at radius 2 is 1.86 bits per heavy atom. The number of aromatic amines is 1. The van der Waals surface area contributed by atoms with Crippen molar-refractivity contribution in [3.8, 4) is 23.3 Å². The molecular formula is C16H13N3O2. The maximum Gasteiger partial charge on any atom is 0.128 e. The van der Waals surface area contributed by atoms with Crippen LogP contribution in [0.3, 0.4) is 0 Å². The second-order valence-corrected chi connectivity index (χ2v) is 4.60. The number of phenols is 1. The summed E-state index contributed by atoms with van der Waals surface area (Å²) in [6.45, 7) is 0.283. The maximum absolute atomic E-state index is 9.25. The van der Waals surface area contributed by atoms with Crippen molar-refractivity contribution in [3.63, 3.8) is 0 Å². The van der Waals surface area contributed by atoms with Crippen LogP contribution in [0.5, 0.6) is 17.2 Å². The van der Waals surface area contributed by atoms with Crippen LogP contribution >= 0.6 is 0 Å². The van der Waals surface area contributed by atoms with Gasteiger partial charge in [-0.3, -0.25) is 0 Å². The Labute approximate surface area is 121 Å². The highest BCUT2D eigenvalue weighted by Crippen LogP contribution is 2.29.